The van der Waals surface area contributed by atoms with Gasteiger partial charge in [0, 0.05) is 32.6 Å². The van der Waals surface area contributed by atoms with E-state index < -0.39 is 0 Å². The highest BCUT2D eigenvalue weighted by Gasteiger charge is 2.28. The van der Waals surface area contributed by atoms with E-state index in [-0.39, 0.29) is 11.9 Å². The summed E-state index contributed by atoms with van der Waals surface area (Å²) in [6.45, 7) is 5.12. The molecule has 1 saturated heterocycles. The Morgan fingerprint density at radius 2 is 1.90 bits per heavy atom. The SMILES string of the molecule is CCC(C(N)=NO)N1CCN(C(=O)CC2CCCC2)CC1. The molecule has 1 heterocycles. The van der Waals surface area contributed by atoms with Crippen LogP contribution in [0.2, 0.25) is 0 Å². The van der Waals surface area contributed by atoms with Gasteiger partial charge in [0.25, 0.3) is 0 Å². The van der Waals surface area contributed by atoms with Gasteiger partial charge in [0.05, 0.1) is 6.04 Å². The van der Waals surface area contributed by atoms with E-state index in [4.69, 9.17) is 10.9 Å². The van der Waals surface area contributed by atoms with Crippen molar-refractivity contribution in [2.45, 2.75) is 51.5 Å². The normalized spacial score (nSPS) is 23.5. The molecule has 0 aromatic carbocycles. The Labute approximate surface area is 127 Å². The van der Waals surface area contributed by atoms with Crippen LogP contribution >= 0.6 is 0 Å². The molecule has 0 spiro atoms. The molecule has 1 amide bonds. The number of nitrogens with zero attached hydrogens (tertiary/aromatic N) is 3. The molecule has 1 aliphatic carbocycles. The number of carbonyl (C=O) groups is 1. The molecule has 1 unspecified atom stereocenters. The predicted molar refractivity (Wildman–Crippen MR) is 82.2 cm³/mol. The van der Waals surface area contributed by atoms with E-state index in [1.54, 1.807) is 0 Å². The minimum Gasteiger partial charge on any atom is -0.409 e. The molecule has 2 rings (SSSR count). The Balaban J connectivity index is 1.80. The van der Waals surface area contributed by atoms with Crippen molar-refractivity contribution in [3.8, 4) is 0 Å². The van der Waals surface area contributed by atoms with Gasteiger partial charge in [0.15, 0.2) is 5.84 Å². The first-order chi connectivity index (χ1) is 10.2. The van der Waals surface area contributed by atoms with E-state index in [2.05, 4.69) is 10.1 Å². The third-order valence-electron chi connectivity index (χ3n) is 4.89. The summed E-state index contributed by atoms with van der Waals surface area (Å²) in [5.41, 5.74) is 5.74. The van der Waals surface area contributed by atoms with Crippen LogP contribution in [0.25, 0.3) is 0 Å². The zero-order valence-electron chi connectivity index (χ0n) is 13.0. The Kier molecular flexibility index (Phi) is 5.85. The van der Waals surface area contributed by atoms with Gasteiger partial charge < -0.3 is 15.8 Å². The number of carbonyl (C=O) groups excluding carboxylic acids is 1. The maximum Gasteiger partial charge on any atom is 0.222 e. The lowest BCUT2D eigenvalue weighted by Gasteiger charge is -2.38. The smallest absolute Gasteiger partial charge is 0.222 e. The van der Waals surface area contributed by atoms with Crippen LogP contribution in [0.15, 0.2) is 5.16 Å². The van der Waals surface area contributed by atoms with Gasteiger partial charge in [-0.3, -0.25) is 9.69 Å². The Morgan fingerprint density at radius 3 is 2.43 bits per heavy atom. The molecule has 6 heteroatoms. The lowest BCUT2D eigenvalue weighted by molar-refractivity contribution is -0.134. The van der Waals surface area contributed by atoms with Gasteiger partial charge in [-0.15, -0.1) is 0 Å². The molecule has 0 bridgehead atoms. The second kappa shape index (κ2) is 7.64. The van der Waals surface area contributed by atoms with Crippen LogP contribution in [-0.2, 0) is 4.79 Å². The minimum atomic E-state index is -0.0258. The molecule has 3 N–H and O–H groups in total. The fraction of sp³-hybridized carbons (Fsp3) is 0.867. The molecule has 2 aliphatic rings. The fourth-order valence-electron chi connectivity index (χ4n) is 3.59. The second-order valence-electron chi connectivity index (χ2n) is 6.22. The molecule has 120 valence electrons. The van der Waals surface area contributed by atoms with Crippen LogP contribution < -0.4 is 5.73 Å². The average Bonchev–Trinajstić information content (AvgIpc) is 3.01. The summed E-state index contributed by atoms with van der Waals surface area (Å²) < 4.78 is 0. The van der Waals surface area contributed by atoms with Crippen LogP contribution in [0.1, 0.15) is 45.4 Å². The van der Waals surface area contributed by atoms with E-state index in [1.165, 1.54) is 25.7 Å². The van der Waals surface area contributed by atoms with Crippen molar-refractivity contribution in [3.63, 3.8) is 0 Å². The van der Waals surface area contributed by atoms with Crippen LogP contribution in [0, 0.1) is 5.92 Å². The number of hydrogen-bond donors (Lipinski definition) is 2. The predicted octanol–water partition coefficient (Wildman–Crippen LogP) is 1.24. The zero-order valence-corrected chi connectivity index (χ0v) is 13.0. The van der Waals surface area contributed by atoms with E-state index in [1.807, 2.05) is 11.8 Å². The number of hydrogen-bond acceptors (Lipinski definition) is 4. The lowest BCUT2D eigenvalue weighted by atomic mass is 10.0. The summed E-state index contributed by atoms with van der Waals surface area (Å²) in [7, 11) is 0. The van der Waals surface area contributed by atoms with E-state index in [0.717, 1.165) is 39.0 Å². The van der Waals surface area contributed by atoms with Gasteiger partial charge in [-0.25, -0.2) is 0 Å². The highest BCUT2D eigenvalue weighted by Crippen LogP contribution is 2.28. The van der Waals surface area contributed by atoms with Gasteiger partial charge in [-0.1, -0.05) is 24.9 Å². The van der Waals surface area contributed by atoms with Crippen LogP contribution in [0.3, 0.4) is 0 Å². The summed E-state index contributed by atoms with van der Waals surface area (Å²) in [5.74, 6) is 1.18. The second-order valence-corrected chi connectivity index (χ2v) is 6.22. The first kappa shape index (κ1) is 16.1. The standard InChI is InChI=1S/C15H28N4O2/c1-2-13(15(16)17-21)18-7-9-19(10-8-18)14(20)11-12-5-3-4-6-12/h12-13,21H,2-11H2,1H3,(H2,16,17). The maximum atomic E-state index is 12.3. The van der Waals surface area contributed by atoms with Crippen molar-refractivity contribution in [3.05, 3.63) is 0 Å². The number of nitrogens with two attached hydrogens (primary N) is 1. The van der Waals surface area contributed by atoms with Crippen LogP contribution in [0.5, 0.6) is 0 Å². The highest BCUT2D eigenvalue weighted by atomic mass is 16.4. The highest BCUT2D eigenvalue weighted by molar-refractivity contribution is 5.85. The van der Waals surface area contributed by atoms with Gasteiger partial charge >= 0.3 is 0 Å². The Bertz CT molecular complexity index is 372. The zero-order chi connectivity index (χ0) is 15.2. The van der Waals surface area contributed by atoms with Crippen molar-refractivity contribution in [1.29, 1.82) is 0 Å². The first-order valence-electron chi connectivity index (χ1n) is 8.15. The molecule has 1 saturated carbocycles. The molecular formula is C15H28N4O2. The van der Waals surface area contributed by atoms with E-state index in [9.17, 15) is 4.79 Å². The van der Waals surface area contributed by atoms with Gasteiger partial charge in [-0.05, 0) is 25.2 Å². The fourth-order valence-corrected chi connectivity index (χ4v) is 3.59. The molecule has 0 aromatic rings. The molecular weight excluding hydrogens is 268 g/mol. The van der Waals surface area contributed by atoms with Crippen molar-refractivity contribution < 1.29 is 10.0 Å². The molecule has 0 radical (unpaired) electrons. The van der Waals surface area contributed by atoms with Crippen LogP contribution in [0.4, 0.5) is 0 Å². The van der Waals surface area contributed by atoms with Crippen molar-refractivity contribution >= 4 is 11.7 Å². The first-order valence-corrected chi connectivity index (χ1v) is 8.15. The van der Waals surface area contributed by atoms with Crippen LogP contribution in [-0.4, -0.2) is 59.0 Å². The summed E-state index contributed by atoms with van der Waals surface area (Å²) in [6, 6.07) is -0.0258. The van der Waals surface area contributed by atoms with Crippen molar-refractivity contribution in [1.82, 2.24) is 9.80 Å². The molecule has 21 heavy (non-hydrogen) atoms. The van der Waals surface area contributed by atoms with Gasteiger partial charge in [0.1, 0.15) is 0 Å². The van der Waals surface area contributed by atoms with E-state index >= 15 is 0 Å². The third-order valence-corrected chi connectivity index (χ3v) is 4.89. The summed E-state index contributed by atoms with van der Waals surface area (Å²) in [4.78, 5) is 16.5. The number of piperazine rings is 1. The summed E-state index contributed by atoms with van der Waals surface area (Å²) in [5, 5.41) is 12.0. The molecule has 2 fully saturated rings. The minimum absolute atomic E-state index is 0.0258. The Hall–Kier alpha value is -1.30. The van der Waals surface area contributed by atoms with Gasteiger partial charge in [-0.2, -0.15) is 0 Å². The average molecular weight is 296 g/mol. The Morgan fingerprint density at radius 1 is 1.29 bits per heavy atom. The maximum absolute atomic E-state index is 12.3. The summed E-state index contributed by atoms with van der Waals surface area (Å²) in [6.07, 6.45) is 6.52. The third kappa shape index (κ3) is 4.09. The summed E-state index contributed by atoms with van der Waals surface area (Å²) >= 11 is 0. The van der Waals surface area contributed by atoms with Crippen molar-refractivity contribution in [2.24, 2.45) is 16.8 Å². The number of oxime groups is 1. The van der Waals surface area contributed by atoms with Gasteiger partial charge in [0.2, 0.25) is 5.91 Å². The van der Waals surface area contributed by atoms with Crippen molar-refractivity contribution in [2.75, 3.05) is 26.2 Å². The molecule has 1 aliphatic heterocycles. The molecule has 6 nitrogen and oxygen atoms in total. The quantitative estimate of drug-likeness (QED) is 0.346. The number of amides is 1. The number of amidine groups is 1. The largest absolute Gasteiger partial charge is 0.409 e. The van der Waals surface area contributed by atoms with E-state index in [0.29, 0.717) is 11.8 Å². The topological polar surface area (TPSA) is 82.2 Å². The molecule has 0 aromatic heterocycles. The monoisotopic (exact) mass is 296 g/mol. The lowest BCUT2D eigenvalue weighted by Crippen LogP contribution is -2.55. The molecule has 1 atom stereocenters. The number of rotatable bonds is 5.